The summed E-state index contributed by atoms with van der Waals surface area (Å²) in [6.45, 7) is 3.38. The van der Waals surface area contributed by atoms with Crippen molar-refractivity contribution in [3.05, 3.63) is 42.5 Å². The number of aryl methyl sites for hydroxylation is 1. The van der Waals surface area contributed by atoms with Gasteiger partial charge in [0.1, 0.15) is 11.3 Å². The van der Waals surface area contributed by atoms with Crippen LogP contribution >= 0.6 is 0 Å². The van der Waals surface area contributed by atoms with Crippen molar-refractivity contribution in [3.63, 3.8) is 0 Å². The maximum atomic E-state index is 11.9. The molecule has 6 heteroatoms. The summed E-state index contributed by atoms with van der Waals surface area (Å²) in [5.74, 6) is 0.0719. The van der Waals surface area contributed by atoms with E-state index >= 15 is 0 Å². The van der Waals surface area contributed by atoms with Crippen LogP contribution in [0.25, 0.3) is 0 Å². The minimum Gasteiger partial charge on any atom is -0.493 e. The first-order chi connectivity index (χ1) is 10.2. The first-order valence-electron chi connectivity index (χ1n) is 6.86. The number of nitrogens with zero attached hydrogens (tertiary/aromatic N) is 2. The average molecular weight is 289 g/mol. The van der Waals surface area contributed by atoms with Gasteiger partial charge in [-0.25, -0.2) is 9.78 Å². The Labute approximate surface area is 123 Å². The Balaban J connectivity index is 1.94. The number of ether oxygens (including phenoxy) is 2. The Hall–Kier alpha value is -2.50. The third kappa shape index (κ3) is 4.24. The second kappa shape index (κ2) is 7.33. The summed E-state index contributed by atoms with van der Waals surface area (Å²) in [4.78, 5) is 15.8. The summed E-state index contributed by atoms with van der Waals surface area (Å²) in [7, 11) is 0. The summed E-state index contributed by atoms with van der Waals surface area (Å²) in [5, 5.41) is 0. The van der Waals surface area contributed by atoms with Crippen LogP contribution in [0.3, 0.4) is 0 Å². The lowest BCUT2D eigenvalue weighted by molar-refractivity contribution is 0.0521. The molecule has 0 fully saturated rings. The van der Waals surface area contributed by atoms with Crippen LogP contribution in [-0.2, 0) is 11.3 Å². The zero-order valence-electron chi connectivity index (χ0n) is 12.0. The van der Waals surface area contributed by atoms with Crippen molar-refractivity contribution < 1.29 is 14.3 Å². The van der Waals surface area contributed by atoms with Crippen molar-refractivity contribution in [1.29, 1.82) is 0 Å². The molecule has 6 nitrogen and oxygen atoms in total. The van der Waals surface area contributed by atoms with Gasteiger partial charge in [-0.05, 0) is 31.5 Å². The Morgan fingerprint density at radius 1 is 1.43 bits per heavy atom. The van der Waals surface area contributed by atoms with Gasteiger partial charge in [0.2, 0.25) is 0 Å². The van der Waals surface area contributed by atoms with Gasteiger partial charge in [-0.2, -0.15) is 0 Å². The molecule has 0 saturated heterocycles. The highest BCUT2D eigenvalue weighted by molar-refractivity contribution is 5.93. The van der Waals surface area contributed by atoms with E-state index in [1.807, 2.05) is 10.8 Å². The second-order valence-electron chi connectivity index (χ2n) is 4.48. The van der Waals surface area contributed by atoms with Gasteiger partial charge in [-0.3, -0.25) is 0 Å². The van der Waals surface area contributed by atoms with E-state index in [2.05, 4.69) is 4.98 Å². The van der Waals surface area contributed by atoms with Crippen LogP contribution in [0.15, 0.2) is 36.9 Å². The molecule has 0 atom stereocenters. The molecule has 112 valence electrons. The molecule has 0 radical (unpaired) electrons. The number of benzene rings is 1. The molecule has 0 aliphatic carbocycles. The molecule has 0 spiro atoms. The zero-order chi connectivity index (χ0) is 15.1. The summed E-state index contributed by atoms with van der Waals surface area (Å²) < 4.78 is 12.6. The summed E-state index contributed by atoms with van der Waals surface area (Å²) in [6.07, 6.45) is 6.20. The molecule has 1 aromatic carbocycles. The number of carbonyl (C=O) groups excluding carboxylic acids is 1. The molecule has 21 heavy (non-hydrogen) atoms. The number of nitrogen functional groups attached to an aromatic ring is 1. The molecule has 1 heterocycles. The highest BCUT2D eigenvalue weighted by Gasteiger charge is 2.14. The molecular formula is C15H19N3O3. The minimum absolute atomic E-state index is 0.313. The van der Waals surface area contributed by atoms with Crippen LogP contribution in [-0.4, -0.2) is 28.7 Å². The van der Waals surface area contributed by atoms with Gasteiger partial charge in [0.25, 0.3) is 0 Å². The van der Waals surface area contributed by atoms with Crippen molar-refractivity contribution >= 4 is 11.7 Å². The van der Waals surface area contributed by atoms with E-state index in [9.17, 15) is 4.79 Å². The Morgan fingerprint density at radius 3 is 3.00 bits per heavy atom. The molecule has 1 aromatic heterocycles. The third-order valence-corrected chi connectivity index (χ3v) is 2.88. The number of esters is 1. The fourth-order valence-electron chi connectivity index (χ4n) is 1.89. The van der Waals surface area contributed by atoms with E-state index in [0.29, 0.717) is 30.2 Å². The Bertz CT molecular complexity index is 582. The standard InChI is InChI=1S/C15H19N3O3/c1-2-20-15(19)13-10-12(16)4-5-14(13)21-9-3-7-18-8-6-17-11-18/h4-6,8,10-11H,2-3,7,9,16H2,1H3. The molecular weight excluding hydrogens is 270 g/mol. The summed E-state index contributed by atoms with van der Waals surface area (Å²) in [5.41, 5.74) is 6.57. The van der Waals surface area contributed by atoms with Gasteiger partial charge in [-0.15, -0.1) is 0 Å². The molecule has 0 unspecified atom stereocenters. The maximum absolute atomic E-state index is 11.9. The Kier molecular flexibility index (Phi) is 5.20. The maximum Gasteiger partial charge on any atom is 0.341 e. The van der Waals surface area contributed by atoms with Crippen LogP contribution in [0.4, 0.5) is 5.69 Å². The summed E-state index contributed by atoms with van der Waals surface area (Å²) in [6, 6.07) is 4.97. The Morgan fingerprint density at radius 2 is 2.29 bits per heavy atom. The van der Waals surface area contributed by atoms with Crippen molar-refractivity contribution in [3.8, 4) is 5.75 Å². The second-order valence-corrected chi connectivity index (χ2v) is 4.48. The number of hydrogen-bond acceptors (Lipinski definition) is 5. The molecule has 0 aliphatic rings. The number of hydrogen-bond donors (Lipinski definition) is 1. The summed E-state index contributed by atoms with van der Waals surface area (Å²) >= 11 is 0. The van der Waals surface area contributed by atoms with E-state index in [4.69, 9.17) is 15.2 Å². The molecule has 0 bridgehead atoms. The molecule has 2 N–H and O–H groups in total. The quantitative estimate of drug-likeness (QED) is 0.480. The first-order valence-corrected chi connectivity index (χ1v) is 6.86. The SMILES string of the molecule is CCOC(=O)c1cc(N)ccc1OCCCn1ccnc1. The van der Waals surface area contributed by atoms with Gasteiger partial charge in [-0.1, -0.05) is 0 Å². The van der Waals surface area contributed by atoms with Crippen LogP contribution < -0.4 is 10.5 Å². The normalized spacial score (nSPS) is 10.3. The number of anilines is 1. The van der Waals surface area contributed by atoms with E-state index < -0.39 is 5.97 Å². The van der Waals surface area contributed by atoms with Gasteiger partial charge in [0.15, 0.2) is 0 Å². The highest BCUT2D eigenvalue weighted by atomic mass is 16.5. The van der Waals surface area contributed by atoms with Gasteiger partial charge in [0, 0.05) is 24.6 Å². The molecule has 0 aliphatic heterocycles. The third-order valence-electron chi connectivity index (χ3n) is 2.88. The van der Waals surface area contributed by atoms with Crippen molar-refractivity contribution in [2.75, 3.05) is 18.9 Å². The van der Waals surface area contributed by atoms with Gasteiger partial charge < -0.3 is 19.8 Å². The number of rotatable bonds is 7. The van der Waals surface area contributed by atoms with Crippen LogP contribution in [0, 0.1) is 0 Å². The highest BCUT2D eigenvalue weighted by Crippen LogP contribution is 2.22. The smallest absolute Gasteiger partial charge is 0.341 e. The largest absolute Gasteiger partial charge is 0.493 e. The lowest BCUT2D eigenvalue weighted by atomic mass is 10.2. The van der Waals surface area contributed by atoms with Gasteiger partial charge in [0.05, 0.1) is 19.5 Å². The molecule has 2 aromatic rings. The molecule has 0 saturated carbocycles. The van der Waals surface area contributed by atoms with Gasteiger partial charge >= 0.3 is 5.97 Å². The predicted molar refractivity (Wildman–Crippen MR) is 79.1 cm³/mol. The topological polar surface area (TPSA) is 79.4 Å². The first kappa shape index (κ1) is 14.9. The lowest BCUT2D eigenvalue weighted by Gasteiger charge is -2.11. The number of aromatic nitrogens is 2. The van der Waals surface area contributed by atoms with Crippen molar-refractivity contribution in [2.24, 2.45) is 0 Å². The zero-order valence-corrected chi connectivity index (χ0v) is 12.0. The van der Waals surface area contributed by atoms with Crippen LogP contribution in [0.1, 0.15) is 23.7 Å². The fraction of sp³-hybridized carbons (Fsp3) is 0.333. The van der Waals surface area contributed by atoms with E-state index in [-0.39, 0.29) is 0 Å². The van der Waals surface area contributed by atoms with Crippen molar-refractivity contribution in [2.45, 2.75) is 19.9 Å². The van der Waals surface area contributed by atoms with E-state index in [1.165, 1.54) is 0 Å². The van der Waals surface area contributed by atoms with Crippen LogP contribution in [0.2, 0.25) is 0 Å². The fourth-order valence-corrected chi connectivity index (χ4v) is 1.89. The monoisotopic (exact) mass is 289 g/mol. The van der Waals surface area contributed by atoms with E-state index in [1.54, 1.807) is 37.6 Å². The minimum atomic E-state index is -0.422. The number of carbonyl (C=O) groups is 1. The molecule has 0 amide bonds. The number of nitrogens with two attached hydrogens (primary N) is 1. The van der Waals surface area contributed by atoms with Crippen molar-refractivity contribution in [1.82, 2.24) is 9.55 Å². The van der Waals surface area contributed by atoms with E-state index in [0.717, 1.165) is 13.0 Å². The lowest BCUT2D eigenvalue weighted by Crippen LogP contribution is -2.10. The predicted octanol–water partition coefficient (Wildman–Crippen LogP) is 2.11. The number of imidazole rings is 1. The molecule has 2 rings (SSSR count). The average Bonchev–Trinajstić information content (AvgIpc) is 2.98. The van der Waals surface area contributed by atoms with Crippen LogP contribution in [0.5, 0.6) is 5.75 Å².